The quantitative estimate of drug-likeness (QED) is 0.409. The number of nitrogens with zero attached hydrogens (tertiary/aromatic N) is 1. The zero-order valence-electron chi connectivity index (χ0n) is 7.48. The van der Waals surface area contributed by atoms with Crippen LogP contribution < -0.4 is 11.2 Å². The Labute approximate surface area is 84.6 Å². The Balaban J connectivity index is 2.49. The molecule has 0 aliphatic carbocycles. The van der Waals surface area contributed by atoms with Crippen molar-refractivity contribution < 1.29 is 9.59 Å². The first-order chi connectivity index (χ1) is 6.59. The fourth-order valence-corrected chi connectivity index (χ4v) is 1.48. The highest BCUT2D eigenvalue weighted by Gasteiger charge is 2.05. The molecule has 0 aromatic carbocycles. The van der Waals surface area contributed by atoms with Crippen LogP contribution in [0.4, 0.5) is 0 Å². The van der Waals surface area contributed by atoms with E-state index in [1.807, 2.05) is 24.5 Å². The van der Waals surface area contributed by atoms with Gasteiger partial charge in [0.2, 0.25) is 0 Å². The van der Waals surface area contributed by atoms with Gasteiger partial charge in [-0.05, 0) is 19.1 Å². The van der Waals surface area contributed by atoms with Gasteiger partial charge >= 0.3 is 11.8 Å². The monoisotopic (exact) mass is 211 g/mol. The third kappa shape index (κ3) is 2.98. The highest BCUT2D eigenvalue weighted by Crippen LogP contribution is 2.11. The average molecular weight is 211 g/mol. The minimum atomic E-state index is -1.05. The smallest absolute Gasteiger partial charge is 0.329 e. The predicted octanol–water partition coefficient (Wildman–Crippen LogP) is -0.00808. The van der Waals surface area contributed by atoms with E-state index in [4.69, 9.17) is 5.73 Å². The molecule has 0 spiro atoms. The number of carbonyl (C=O) groups is 2. The number of nitrogens with one attached hydrogen (secondary N) is 1. The van der Waals surface area contributed by atoms with E-state index in [2.05, 4.69) is 5.10 Å². The van der Waals surface area contributed by atoms with Crippen LogP contribution in [0, 0.1) is 6.92 Å². The Hall–Kier alpha value is -1.69. The summed E-state index contributed by atoms with van der Waals surface area (Å²) in [7, 11) is 0. The van der Waals surface area contributed by atoms with E-state index in [0.29, 0.717) is 0 Å². The number of nitrogens with two attached hydrogens (primary N) is 1. The van der Waals surface area contributed by atoms with E-state index in [1.54, 1.807) is 0 Å². The van der Waals surface area contributed by atoms with E-state index >= 15 is 0 Å². The molecule has 0 radical (unpaired) electrons. The number of hydrazone groups is 1. The minimum absolute atomic E-state index is 0.896. The van der Waals surface area contributed by atoms with Gasteiger partial charge < -0.3 is 5.73 Å². The van der Waals surface area contributed by atoms with Crippen molar-refractivity contribution in [3.63, 3.8) is 0 Å². The second-order valence-corrected chi connectivity index (χ2v) is 3.83. The number of hydrogen-bond acceptors (Lipinski definition) is 4. The van der Waals surface area contributed by atoms with Gasteiger partial charge in [0.1, 0.15) is 0 Å². The van der Waals surface area contributed by atoms with Gasteiger partial charge in [0.05, 0.1) is 6.21 Å². The molecule has 2 amide bonds. The maximum absolute atomic E-state index is 10.6. The molecule has 1 aromatic heterocycles. The molecule has 0 unspecified atom stereocenters. The van der Waals surface area contributed by atoms with Crippen molar-refractivity contribution >= 4 is 29.4 Å². The van der Waals surface area contributed by atoms with Crippen LogP contribution in [0.15, 0.2) is 17.2 Å². The number of primary amides is 1. The van der Waals surface area contributed by atoms with Gasteiger partial charge in [0, 0.05) is 9.75 Å². The van der Waals surface area contributed by atoms with Gasteiger partial charge in [0.15, 0.2) is 0 Å². The van der Waals surface area contributed by atoms with Crippen LogP contribution in [0.1, 0.15) is 9.75 Å². The standard InChI is InChI=1S/C8H9N3O2S/c1-5-2-3-6(14-5)4-10-11-8(13)7(9)12/h2-4H,1H3,(H2,9,12)(H,11,13)/b10-4-. The molecule has 14 heavy (non-hydrogen) atoms. The Morgan fingerprint density at radius 3 is 2.79 bits per heavy atom. The van der Waals surface area contributed by atoms with E-state index in [9.17, 15) is 9.59 Å². The zero-order chi connectivity index (χ0) is 10.6. The lowest BCUT2D eigenvalue weighted by molar-refractivity contribution is -0.137. The number of hydrogen-bond donors (Lipinski definition) is 2. The van der Waals surface area contributed by atoms with Crippen molar-refractivity contribution in [3.8, 4) is 0 Å². The summed E-state index contributed by atoms with van der Waals surface area (Å²) in [5.74, 6) is -1.97. The highest BCUT2D eigenvalue weighted by molar-refractivity contribution is 7.13. The first kappa shape index (κ1) is 10.4. The molecule has 0 fully saturated rings. The summed E-state index contributed by atoms with van der Waals surface area (Å²) in [6, 6.07) is 3.79. The van der Waals surface area contributed by atoms with Gasteiger partial charge in [-0.3, -0.25) is 9.59 Å². The van der Waals surface area contributed by atoms with Crippen LogP contribution in [-0.2, 0) is 9.59 Å². The van der Waals surface area contributed by atoms with Crippen LogP contribution in [0.3, 0.4) is 0 Å². The Morgan fingerprint density at radius 1 is 1.57 bits per heavy atom. The third-order valence-corrected chi connectivity index (χ3v) is 2.28. The van der Waals surface area contributed by atoms with Crippen LogP contribution in [0.25, 0.3) is 0 Å². The Morgan fingerprint density at radius 2 is 2.29 bits per heavy atom. The molecule has 0 saturated carbocycles. The van der Waals surface area contributed by atoms with Gasteiger partial charge in [0.25, 0.3) is 0 Å². The molecule has 1 aromatic rings. The van der Waals surface area contributed by atoms with Crippen molar-refractivity contribution in [3.05, 3.63) is 21.9 Å². The van der Waals surface area contributed by atoms with E-state index in [-0.39, 0.29) is 0 Å². The van der Waals surface area contributed by atoms with Crippen molar-refractivity contribution in [1.29, 1.82) is 0 Å². The number of thiophene rings is 1. The van der Waals surface area contributed by atoms with Gasteiger partial charge in [-0.2, -0.15) is 5.10 Å². The summed E-state index contributed by atoms with van der Waals surface area (Å²) in [6.45, 7) is 1.96. The maximum Gasteiger partial charge on any atom is 0.329 e. The van der Waals surface area contributed by atoms with Gasteiger partial charge in [-0.15, -0.1) is 11.3 Å². The molecular weight excluding hydrogens is 202 g/mol. The molecule has 6 heteroatoms. The fourth-order valence-electron chi connectivity index (χ4n) is 0.732. The normalized spacial score (nSPS) is 10.4. The lowest BCUT2D eigenvalue weighted by Gasteiger charge is -1.91. The minimum Gasteiger partial charge on any atom is -0.361 e. The molecule has 74 valence electrons. The van der Waals surface area contributed by atoms with E-state index < -0.39 is 11.8 Å². The highest BCUT2D eigenvalue weighted by atomic mass is 32.1. The largest absolute Gasteiger partial charge is 0.361 e. The first-order valence-corrected chi connectivity index (χ1v) is 4.60. The number of rotatable bonds is 2. The van der Waals surface area contributed by atoms with Crippen molar-refractivity contribution in [1.82, 2.24) is 5.43 Å². The zero-order valence-corrected chi connectivity index (χ0v) is 8.30. The second kappa shape index (κ2) is 4.52. The lowest BCUT2D eigenvalue weighted by Crippen LogP contribution is -2.32. The molecule has 5 nitrogen and oxygen atoms in total. The topological polar surface area (TPSA) is 84.6 Å². The van der Waals surface area contributed by atoms with E-state index in [0.717, 1.165) is 9.75 Å². The van der Waals surface area contributed by atoms with Crippen LogP contribution >= 0.6 is 11.3 Å². The maximum atomic E-state index is 10.6. The first-order valence-electron chi connectivity index (χ1n) is 3.79. The second-order valence-electron chi connectivity index (χ2n) is 2.51. The summed E-state index contributed by atoms with van der Waals surface area (Å²) in [5, 5.41) is 3.56. The predicted molar refractivity (Wildman–Crippen MR) is 54.0 cm³/mol. The Bertz CT molecular complexity index is 384. The third-order valence-electron chi connectivity index (χ3n) is 1.34. The Kier molecular flexibility index (Phi) is 3.35. The summed E-state index contributed by atoms with van der Waals surface area (Å²) in [6.07, 6.45) is 1.46. The van der Waals surface area contributed by atoms with Gasteiger partial charge in [-0.1, -0.05) is 0 Å². The summed E-state index contributed by atoms with van der Waals surface area (Å²) in [5.41, 5.74) is 6.70. The molecule has 3 N–H and O–H groups in total. The molecule has 0 aliphatic rings. The fraction of sp³-hybridized carbons (Fsp3) is 0.125. The van der Waals surface area contributed by atoms with Gasteiger partial charge in [-0.25, -0.2) is 5.43 Å². The SMILES string of the molecule is Cc1ccc(/C=N\NC(=O)C(N)=O)s1. The van der Waals surface area contributed by atoms with Crippen molar-refractivity contribution in [2.45, 2.75) is 6.92 Å². The lowest BCUT2D eigenvalue weighted by atomic mass is 10.4. The molecule has 0 aliphatic heterocycles. The molecular formula is C8H9N3O2S. The van der Waals surface area contributed by atoms with E-state index in [1.165, 1.54) is 17.6 Å². The van der Waals surface area contributed by atoms with Crippen LogP contribution in [-0.4, -0.2) is 18.0 Å². The molecule has 1 rings (SSSR count). The number of amides is 2. The van der Waals surface area contributed by atoms with Crippen LogP contribution in [0.5, 0.6) is 0 Å². The molecule has 0 saturated heterocycles. The average Bonchev–Trinajstić information content (AvgIpc) is 2.51. The summed E-state index contributed by atoms with van der Waals surface area (Å²) >= 11 is 1.53. The van der Waals surface area contributed by atoms with Crippen molar-refractivity contribution in [2.75, 3.05) is 0 Å². The number of carbonyl (C=O) groups excluding carboxylic acids is 2. The molecule has 0 atom stereocenters. The molecule has 1 heterocycles. The molecule has 0 bridgehead atoms. The number of aryl methyl sites for hydroxylation is 1. The van der Waals surface area contributed by atoms with Crippen LogP contribution in [0.2, 0.25) is 0 Å². The summed E-state index contributed by atoms with van der Waals surface area (Å²) < 4.78 is 0. The summed E-state index contributed by atoms with van der Waals surface area (Å²) in [4.78, 5) is 23.0. The van der Waals surface area contributed by atoms with Crippen molar-refractivity contribution in [2.24, 2.45) is 10.8 Å².